The third-order valence-electron chi connectivity index (χ3n) is 7.51. The Hall–Kier alpha value is -3.98. The predicted molar refractivity (Wildman–Crippen MR) is 136 cm³/mol. The second-order valence-corrected chi connectivity index (χ2v) is 9.69. The van der Waals surface area contributed by atoms with Crippen LogP contribution in [0, 0.1) is 0 Å². The third kappa shape index (κ3) is 3.76. The van der Waals surface area contributed by atoms with E-state index < -0.39 is 5.91 Å². The smallest absolute Gasteiger partial charge is 0.254 e. The lowest BCUT2D eigenvalue weighted by atomic mass is 9.97. The maximum atomic E-state index is 13.2. The molecule has 1 aromatic heterocycles. The van der Waals surface area contributed by atoms with Crippen molar-refractivity contribution in [3.05, 3.63) is 65.5 Å². The highest BCUT2D eigenvalue weighted by Crippen LogP contribution is 2.57. The lowest BCUT2D eigenvalue weighted by Gasteiger charge is -2.27. The number of primary amides is 1. The Morgan fingerprint density at radius 3 is 2.47 bits per heavy atom. The highest BCUT2D eigenvalue weighted by molar-refractivity contribution is 6.00. The van der Waals surface area contributed by atoms with Crippen molar-refractivity contribution >= 4 is 23.5 Å². The Balaban J connectivity index is 1.33. The molecular formula is C27H28N6O3. The van der Waals surface area contributed by atoms with Crippen LogP contribution in [0.1, 0.15) is 39.1 Å². The zero-order valence-electron chi connectivity index (χ0n) is 20.2. The monoisotopic (exact) mass is 484 g/mol. The van der Waals surface area contributed by atoms with Crippen molar-refractivity contribution in [2.45, 2.75) is 18.3 Å². The van der Waals surface area contributed by atoms with Crippen LogP contribution >= 0.6 is 0 Å². The lowest BCUT2D eigenvalue weighted by molar-refractivity contribution is 0.0735. The van der Waals surface area contributed by atoms with Gasteiger partial charge in [-0.25, -0.2) is 9.97 Å². The number of piperazine rings is 1. The molecule has 0 bridgehead atoms. The van der Waals surface area contributed by atoms with E-state index in [1.807, 2.05) is 17.0 Å². The maximum absolute atomic E-state index is 13.2. The van der Waals surface area contributed by atoms with Crippen LogP contribution in [0.5, 0.6) is 5.75 Å². The number of nitrogens with one attached hydrogen (secondary N) is 1. The summed E-state index contributed by atoms with van der Waals surface area (Å²) in [4.78, 5) is 38.5. The molecule has 3 heterocycles. The molecule has 1 aliphatic carbocycles. The largest absolute Gasteiger partial charge is 0.497 e. The number of benzene rings is 2. The summed E-state index contributed by atoms with van der Waals surface area (Å²) in [5.74, 6) is 0.718. The first-order chi connectivity index (χ1) is 17.5. The fourth-order valence-corrected chi connectivity index (χ4v) is 5.32. The number of anilines is 2. The lowest BCUT2D eigenvalue weighted by Crippen LogP contribution is -2.46. The highest BCUT2D eigenvalue weighted by Gasteiger charge is 2.52. The van der Waals surface area contributed by atoms with Gasteiger partial charge < -0.3 is 25.6 Å². The van der Waals surface area contributed by atoms with E-state index in [-0.39, 0.29) is 11.3 Å². The Morgan fingerprint density at radius 2 is 1.81 bits per heavy atom. The minimum absolute atomic E-state index is 0.0595. The average molecular weight is 485 g/mol. The van der Waals surface area contributed by atoms with Crippen molar-refractivity contribution in [3.63, 3.8) is 0 Å². The number of hydrogen-bond donors (Lipinski definition) is 2. The number of methoxy groups -OCH3 is 1. The third-order valence-corrected chi connectivity index (χ3v) is 7.51. The summed E-state index contributed by atoms with van der Waals surface area (Å²) < 4.78 is 5.32. The van der Waals surface area contributed by atoms with Crippen molar-refractivity contribution in [1.82, 2.24) is 20.2 Å². The van der Waals surface area contributed by atoms with E-state index in [4.69, 9.17) is 10.5 Å². The molecule has 9 heteroatoms. The molecule has 1 saturated heterocycles. The number of ether oxygens (including phenoxy) is 1. The van der Waals surface area contributed by atoms with Crippen molar-refractivity contribution in [3.8, 4) is 16.9 Å². The van der Waals surface area contributed by atoms with E-state index in [2.05, 4.69) is 26.3 Å². The second-order valence-electron chi connectivity index (χ2n) is 9.69. The number of aromatic nitrogens is 2. The summed E-state index contributed by atoms with van der Waals surface area (Å²) in [6.07, 6.45) is 5.64. The molecule has 0 atom stereocenters. The van der Waals surface area contributed by atoms with Crippen LogP contribution in [0.2, 0.25) is 0 Å². The number of carbonyl (C=O) groups excluding carboxylic acids is 2. The molecule has 184 valence electrons. The molecule has 2 aliphatic heterocycles. The first-order valence-electron chi connectivity index (χ1n) is 12.2. The van der Waals surface area contributed by atoms with Crippen molar-refractivity contribution in [1.29, 1.82) is 0 Å². The minimum atomic E-state index is -0.525. The topological polar surface area (TPSA) is 114 Å². The zero-order chi connectivity index (χ0) is 24.9. The molecule has 1 spiro atoms. The number of carbonyl (C=O) groups is 2. The molecule has 36 heavy (non-hydrogen) atoms. The SMILES string of the molecule is COc1ccc(C(N)=O)c(-c2cnc(N3CC4(CC4)c4ccc(C(=O)N5CCNCC5)cc43)nc2)c1. The Labute approximate surface area is 209 Å². The van der Waals surface area contributed by atoms with Gasteiger partial charge in [0.1, 0.15) is 5.75 Å². The number of nitrogens with zero attached hydrogens (tertiary/aromatic N) is 4. The van der Waals surface area contributed by atoms with Crippen LogP contribution in [-0.4, -0.2) is 66.5 Å². The van der Waals surface area contributed by atoms with Crippen LogP contribution in [0.15, 0.2) is 48.8 Å². The number of rotatable bonds is 5. The molecule has 0 radical (unpaired) electrons. The molecule has 2 aromatic carbocycles. The van der Waals surface area contributed by atoms with E-state index in [1.54, 1.807) is 37.7 Å². The standard InChI is InChI=1S/C27H28N6O3/c1-36-19-3-4-20(24(28)34)21(13-19)18-14-30-26(31-15-18)33-16-27(6-7-27)22-5-2-17(12-23(22)33)25(35)32-10-8-29-9-11-32/h2-5,12-15,29H,6-11,16H2,1H3,(H2,28,34). The van der Waals surface area contributed by atoms with Gasteiger partial charge in [-0.1, -0.05) is 6.07 Å². The fraction of sp³-hybridized carbons (Fsp3) is 0.333. The highest BCUT2D eigenvalue weighted by atomic mass is 16.5. The first-order valence-corrected chi connectivity index (χ1v) is 12.2. The Morgan fingerprint density at radius 1 is 1.06 bits per heavy atom. The van der Waals surface area contributed by atoms with E-state index in [1.165, 1.54) is 5.56 Å². The van der Waals surface area contributed by atoms with Crippen molar-refractivity contribution in [2.75, 3.05) is 44.7 Å². The summed E-state index contributed by atoms with van der Waals surface area (Å²) in [6, 6.07) is 11.2. The summed E-state index contributed by atoms with van der Waals surface area (Å²) >= 11 is 0. The quantitative estimate of drug-likeness (QED) is 0.572. The predicted octanol–water partition coefficient (Wildman–Crippen LogP) is 2.48. The summed E-state index contributed by atoms with van der Waals surface area (Å²) in [5.41, 5.74) is 10.3. The molecule has 0 unspecified atom stereocenters. The van der Waals surface area contributed by atoms with Crippen LogP contribution in [0.4, 0.5) is 11.6 Å². The van der Waals surface area contributed by atoms with Crippen LogP contribution < -0.4 is 20.7 Å². The van der Waals surface area contributed by atoms with Gasteiger partial charge in [-0.3, -0.25) is 9.59 Å². The molecule has 3 aromatic rings. The molecule has 2 amide bonds. The van der Waals surface area contributed by atoms with Gasteiger partial charge in [0.05, 0.1) is 7.11 Å². The minimum Gasteiger partial charge on any atom is -0.497 e. The summed E-state index contributed by atoms with van der Waals surface area (Å²) in [7, 11) is 1.57. The number of nitrogens with two attached hydrogens (primary N) is 1. The van der Waals surface area contributed by atoms with Crippen molar-refractivity contribution < 1.29 is 14.3 Å². The van der Waals surface area contributed by atoms with Gasteiger partial charge in [-0.2, -0.15) is 0 Å². The van der Waals surface area contributed by atoms with Gasteiger partial charge in [0.2, 0.25) is 11.9 Å². The summed E-state index contributed by atoms with van der Waals surface area (Å²) in [6.45, 7) is 3.85. The first kappa shape index (κ1) is 22.5. The number of fused-ring (bicyclic) bond motifs is 2. The fourth-order valence-electron chi connectivity index (χ4n) is 5.32. The molecule has 3 aliphatic rings. The summed E-state index contributed by atoms with van der Waals surface area (Å²) in [5, 5.41) is 3.29. The molecule has 3 N–H and O–H groups in total. The van der Waals surface area contributed by atoms with Crippen molar-refractivity contribution in [2.24, 2.45) is 5.73 Å². The van der Waals surface area contributed by atoms with Gasteiger partial charge in [0.25, 0.3) is 5.91 Å². The van der Waals surface area contributed by atoms with Gasteiger partial charge in [-0.15, -0.1) is 0 Å². The Kier molecular flexibility index (Phi) is 5.37. The van der Waals surface area contributed by atoms with Gasteiger partial charge >= 0.3 is 0 Å². The van der Waals surface area contributed by atoms with Crippen LogP contribution in [0.3, 0.4) is 0 Å². The van der Waals surface area contributed by atoms with Gasteiger partial charge in [-0.05, 0) is 48.7 Å². The normalized spacial score (nSPS) is 17.7. The van der Waals surface area contributed by atoms with E-state index in [0.29, 0.717) is 47.0 Å². The molecule has 1 saturated carbocycles. The van der Waals surface area contributed by atoms with Crippen LogP contribution in [0.25, 0.3) is 11.1 Å². The zero-order valence-corrected chi connectivity index (χ0v) is 20.2. The van der Waals surface area contributed by atoms with E-state index in [0.717, 1.165) is 38.2 Å². The van der Waals surface area contributed by atoms with E-state index >= 15 is 0 Å². The molecular weight excluding hydrogens is 456 g/mol. The maximum Gasteiger partial charge on any atom is 0.254 e. The van der Waals surface area contributed by atoms with Crippen LogP contribution in [-0.2, 0) is 5.41 Å². The molecule has 9 nitrogen and oxygen atoms in total. The van der Waals surface area contributed by atoms with Gasteiger partial charge in [0.15, 0.2) is 0 Å². The van der Waals surface area contributed by atoms with Gasteiger partial charge in [0, 0.05) is 78.5 Å². The number of hydrogen-bond acceptors (Lipinski definition) is 7. The average Bonchev–Trinajstić information content (AvgIpc) is 3.64. The number of amides is 2. The molecule has 2 fully saturated rings. The van der Waals surface area contributed by atoms with E-state index in [9.17, 15) is 9.59 Å². The second kappa shape index (κ2) is 8.60. The molecule has 6 rings (SSSR count). The Bertz CT molecular complexity index is 1350.